The van der Waals surface area contributed by atoms with Gasteiger partial charge in [0.25, 0.3) is 0 Å². The fourth-order valence-corrected chi connectivity index (χ4v) is 0.684. The Morgan fingerprint density at radius 3 is 2.55 bits per heavy atom. The molecule has 0 aromatic heterocycles. The van der Waals surface area contributed by atoms with E-state index >= 15 is 0 Å². The maximum Gasteiger partial charge on any atom is 0.162 e. The molecule has 1 radical (unpaired) electrons. The molecule has 0 aliphatic heterocycles. The standard InChI is InChI=1S/C8H7F2O/c1-2-11-6-3-4-7(9)8(10)5-6/h3-5H,1-2H2. The molecule has 1 rings (SSSR count). The fraction of sp³-hybridized carbons (Fsp3) is 0.125. The minimum atomic E-state index is -0.907. The quantitative estimate of drug-likeness (QED) is 0.639. The van der Waals surface area contributed by atoms with Crippen LogP contribution in [-0.4, -0.2) is 6.61 Å². The van der Waals surface area contributed by atoms with Gasteiger partial charge < -0.3 is 4.74 Å². The Hall–Kier alpha value is -1.12. The van der Waals surface area contributed by atoms with Crippen LogP contribution in [0.5, 0.6) is 5.75 Å². The summed E-state index contributed by atoms with van der Waals surface area (Å²) in [6.45, 7) is 3.59. The summed E-state index contributed by atoms with van der Waals surface area (Å²) < 4.78 is 29.5. The monoisotopic (exact) mass is 157 g/mol. The molecule has 1 aromatic rings. The van der Waals surface area contributed by atoms with Crippen molar-refractivity contribution in [1.82, 2.24) is 0 Å². The summed E-state index contributed by atoms with van der Waals surface area (Å²) in [4.78, 5) is 0. The topological polar surface area (TPSA) is 9.23 Å². The van der Waals surface area contributed by atoms with Crippen molar-refractivity contribution in [2.75, 3.05) is 6.61 Å². The third kappa shape index (κ3) is 1.90. The van der Waals surface area contributed by atoms with Crippen molar-refractivity contribution in [3.05, 3.63) is 36.8 Å². The Bertz CT molecular complexity index is 248. The summed E-state index contributed by atoms with van der Waals surface area (Å²) in [7, 11) is 0. The van der Waals surface area contributed by atoms with Gasteiger partial charge in [0.05, 0.1) is 6.61 Å². The van der Waals surface area contributed by atoms with Gasteiger partial charge in [0, 0.05) is 6.07 Å². The molecule has 1 nitrogen and oxygen atoms in total. The van der Waals surface area contributed by atoms with Gasteiger partial charge >= 0.3 is 0 Å². The molecule has 1 aromatic carbocycles. The first-order valence-corrected chi connectivity index (χ1v) is 3.11. The van der Waals surface area contributed by atoms with E-state index in [1.165, 1.54) is 6.07 Å². The minimum Gasteiger partial charge on any atom is -0.493 e. The average molecular weight is 157 g/mol. The number of ether oxygens (including phenoxy) is 1. The van der Waals surface area contributed by atoms with Crippen molar-refractivity contribution in [3.8, 4) is 5.75 Å². The van der Waals surface area contributed by atoms with Crippen LogP contribution in [0, 0.1) is 18.6 Å². The molecule has 0 bridgehead atoms. The van der Waals surface area contributed by atoms with Gasteiger partial charge in [-0.15, -0.1) is 0 Å². The Labute approximate surface area is 63.6 Å². The van der Waals surface area contributed by atoms with Crippen LogP contribution in [0.25, 0.3) is 0 Å². The molecule has 59 valence electrons. The molecule has 0 unspecified atom stereocenters. The van der Waals surface area contributed by atoms with E-state index in [4.69, 9.17) is 4.74 Å². The molecule has 0 amide bonds. The molecule has 0 atom stereocenters. The van der Waals surface area contributed by atoms with E-state index in [0.29, 0.717) is 5.75 Å². The van der Waals surface area contributed by atoms with Crippen molar-refractivity contribution >= 4 is 0 Å². The minimum absolute atomic E-state index is 0.199. The van der Waals surface area contributed by atoms with Gasteiger partial charge in [-0.2, -0.15) is 0 Å². The second-order valence-electron chi connectivity index (χ2n) is 1.92. The zero-order chi connectivity index (χ0) is 8.27. The van der Waals surface area contributed by atoms with Gasteiger partial charge in [-0.25, -0.2) is 8.78 Å². The van der Waals surface area contributed by atoms with Gasteiger partial charge in [-0.05, 0) is 19.1 Å². The first-order chi connectivity index (χ1) is 5.24. The van der Waals surface area contributed by atoms with E-state index in [1.807, 2.05) is 0 Å². The lowest BCUT2D eigenvalue weighted by Crippen LogP contribution is -1.93. The maximum absolute atomic E-state index is 12.4. The molecular weight excluding hydrogens is 150 g/mol. The highest BCUT2D eigenvalue weighted by Crippen LogP contribution is 2.14. The van der Waals surface area contributed by atoms with Crippen molar-refractivity contribution in [1.29, 1.82) is 0 Å². The third-order valence-electron chi connectivity index (χ3n) is 1.16. The molecular formula is C8H7F2O. The summed E-state index contributed by atoms with van der Waals surface area (Å²) in [5.74, 6) is -1.49. The van der Waals surface area contributed by atoms with Crippen LogP contribution in [0.1, 0.15) is 0 Å². The summed E-state index contributed by atoms with van der Waals surface area (Å²) >= 11 is 0. The predicted octanol–water partition coefficient (Wildman–Crippen LogP) is 2.18. The van der Waals surface area contributed by atoms with Crippen molar-refractivity contribution in [2.24, 2.45) is 0 Å². The zero-order valence-corrected chi connectivity index (χ0v) is 5.81. The van der Waals surface area contributed by atoms with Gasteiger partial charge in [0.15, 0.2) is 11.6 Å². The second-order valence-corrected chi connectivity index (χ2v) is 1.92. The molecule has 0 aliphatic carbocycles. The SMILES string of the molecule is [CH2]COc1ccc(F)c(F)c1. The highest BCUT2D eigenvalue weighted by Gasteiger charge is 2.01. The lowest BCUT2D eigenvalue weighted by molar-refractivity contribution is 0.356. The van der Waals surface area contributed by atoms with Crippen LogP contribution >= 0.6 is 0 Å². The first kappa shape index (κ1) is 7.98. The molecule has 0 fully saturated rings. The Kier molecular flexibility index (Phi) is 2.41. The fourth-order valence-electron chi connectivity index (χ4n) is 0.684. The van der Waals surface area contributed by atoms with Crippen LogP contribution in [0.4, 0.5) is 8.78 Å². The van der Waals surface area contributed by atoms with Crippen LogP contribution in [0.2, 0.25) is 0 Å². The van der Waals surface area contributed by atoms with E-state index in [1.54, 1.807) is 0 Å². The van der Waals surface area contributed by atoms with Gasteiger partial charge in [-0.3, -0.25) is 0 Å². The summed E-state index contributed by atoms with van der Waals surface area (Å²) in [6.07, 6.45) is 0. The summed E-state index contributed by atoms with van der Waals surface area (Å²) in [5.41, 5.74) is 0. The van der Waals surface area contributed by atoms with Crippen molar-refractivity contribution in [2.45, 2.75) is 0 Å². The molecule has 0 heterocycles. The molecule has 3 heteroatoms. The smallest absolute Gasteiger partial charge is 0.162 e. The molecule has 0 saturated carbocycles. The molecule has 0 aliphatic rings. The lowest BCUT2D eigenvalue weighted by Gasteiger charge is -2.01. The van der Waals surface area contributed by atoms with Crippen LogP contribution < -0.4 is 4.74 Å². The number of hydrogen-bond donors (Lipinski definition) is 0. The van der Waals surface area contributed by atoms with Crippen molar-refractivity contribution in [3.63, 3.8) is 0 Å². The maximum atomic E-state index is 12.4. The largest absolute Gasteiger partial charge is 0.493 e. The molecule has 0 N–H and O–H groups in total. The Morgan fingerprint density at radius 2 is 2.00 bits per heavy atom. The van der Waals surface area contributed by atoms with E-state index in [9.17, 15) is 8.78 Å². The average Bonchev–Trinajstić information content (AvgIpc) is 1.98. The molecule has 11 heavy (non-hydrogen) atoms. The number of benzene rings is 1. The summed E-state index contributed by atoms with van der Waals surface area (Å²) in [5, 5.41) is 0. The molecule has 0 saturated heterocycles. The highest BCUT2D eigenvalue weighted by molar-refractivity contribution is 5.23. The van der Waals surface area contributed by atoms with Crippen LogP contribution in [0.15, 0.2) is 18.2 Å². The first-order valence-electron chi connectivity index (χ1n) is 3.11. The van der Waals surface area contributed by atoms with E-state index < -0.39 is 11.6 Å². The van der Waals surface area contributed by atoms with Gasteiger partial charge in [0.1, 0.15) is 5.75 Å². The summed E-state index contributed by atoms with van der Waals surface area (Å²) in [6, 6.07) is 3.35. The highest BCUT2D eigenvalue weighted by atomic mass is 19.2. The number of hydrogen-bond acceptors (Lipinski definition) is 1. The van der Waals surface area contributed by atoms with E-state index in [-0.39, 0.29) is 6.61 Å². The number of rotatable bonds is 2. The Morgan fingerprint density at radius 1 is 1.27 bits per heavy atom. The van der Waals surface area contributed by atoms with Gasteiger partial charge in [-0.1, -0.05) is 0 Å². The molecule has 0 spiro atoms. The lowest BCUT2D eigenvalue weighted by atomic mass is 10.3. The van der Waals surface area contributed by atoms with Crippen LogP contribution in [0.3, 0.4) is 0 Å². The second kappa shape index (κ2) is 3.32. The van der Waals surface area contributed by atoms with Crippen molar-refractivity contribution < 1.29 is 13.5 Å². The van der Waals surface area contributed by atoms with E-state index in [2.05, 4.69) is 6.92 Å². The number of halogens is 2. The third-order valence-corrected chi connectivity index (χ3v) is 1.16. The zero-order valence-electron chi connectivity index (χ0n) is 5.81. The van der Waals surface area contributed by atoms with Crippen LogP contribution in [-0.2, 0) is 0 Å². The Balaban J connectivity index is 2.86. The normalized spacial score (nSPS) is 9.73. The predicted molar refractivity (Wildman–Crippen MR) is 37.2 cm³/mol. The van der Waals surface area contributed by atoms with E-state index in [0.717, 1.165) is 12.1 Å². The van der Waals surface area contributed by atoms with Gasteiger partial charge in [0.2, 0.25) is 0 Å².